The predicted octanol–water partition coefficient (Wildman–Crippen LogP) is 2.84. The molecule has 0 saturated heterocycles. The maximum atomic E-state index is 10.6. The van der Waals surface area contributed by atoms with Crippen LogP contribution in [0.15, 0.2) is 24.3 Å². The fourth-order valence-electron chi connectivity index (χ4n) is 3.03. The van der Waals surface area contributed by atoms with Crippen LogP contribution in [0.5, 0.6) is 34.5 Å². The van der Waals surface area contributed by atoms with E-state index in [-0.39, 0.29) is 23.2 Å². The van der Waals surface area contributed by atoms with Gasteiger partial charge in [-0.15, -0.1) is 0 Å². The molecule has 0 aromatic heterocycles. The Morgan fingerprint density at radius 3 is 2.42 bits per heavy atom. The van der Waals surface area contributed by atoms with Crippen LogP contribution in [0.3, 0.4) is 0 Å². The van der Waals surface area contributed by atoms with E-state index in [1.807, 2.05) is 6.07 Å². The number of benzene rings is 2. The number of phenolic OH excluding ortho intramolecular Hbond substituents is 2. The van der Waals surface area contributed by atoms with Gasteiger partial charge in [-0.25, -0.2) is 0 Å². The summed E-state index contributed by atoms with van der Waals surface area (Å²) in [5, 5.41) is 20.2. The Kier molecular flexibility index (Phi) is 4.29. The van der Waals surface area contributed by atoms with E-state index in [2.05, 4.69) is 0 Å². The minimum absolute atomic E-state index is 0.0194. The molecular formula is C18H20O6. The molecule has 6 nitrogen and oxygen atoms in total. The number of methoxy groups -OCH3 is 3. The highest BCUT2D eigenvalue weighted by Gasteiger charge is 2.28. The van der Waals surface area contributed by atoms with E-state index in [1.54, 1.807) is 18.2 Å². The predicted molar refractivity (Wildman–Crippen MR) is 87.8 cm³/mol. The second-order valence-electron chi connectivity index (χ2n) is 5.59. The molecule has 1 aliphatic rings. The van der Waals surface area contributed by atoms with Crippen LogP contribution in [0.4, 0.5) is 0 Å². The largest absolute Gasteiger partial charge is 0.508 e. The third-order valence-corrected chi connectivity index (χ3v) is 4.23. The molecule has 2 N–H and O–H groups in total. The molecule has 3 rings (SSSR count). The zero-order chi connectivity index (χ0) is 17.3. The molecule has 1 aliphatic heterocycles. The topological polar surface area (TPSA) is 77.4 Å². The summed E-state index contributed by atoms with van der Waals surface area (Å²) < 4.78 is 21.7. The molecule has 0 aliphatic carbocycles. The molecule has 0 amide bonds. The molecule has 1 unspecified atom stereocenters. The number of hydrogen-bond donors (Lipinski definition) is 2. The Morgan fingerprint density at radius 2 is 1.75 bits per heavy atom. The highest BCUT2D eigenvalue weighted by molar-refractivity contribution is 5.63. The first-order valence-electron chi connectivity index (χ1n) is 7.55. The van der Waals surface area contributed by atoms with Gasteiger partial charge in [-0.3, -0.25) is 0 Å². The highest BCUT2D eigenvalue weighted by atomic mass is 16.5. The molecule has 0 fully saturated rings. The van der Waals surface area contributed by atoms with E-state index in [4.69, 9.17) is 18.9 Å². The van der Waals surface area contributed by atoms with Crippen LogP contribution >= 0.6 is 0 Å². The number of phenols is 2. The third-order valence-electron chi connectivity index (χ3n) is 4.23. The van der Waals surface area contributed by atoms with Crippen LogP contribution in [0, 0.1) is 0 Å². The number of rotatable bonds is 4. The minimum atomic E-state index is -0.0734. The van der Waals surface area contributed by atoms with Gasteiger partial charge in [0.05, 0.1) is 27.9 Å². The first-order valence-corrected chi connectivity index (χ1v) is 7.55. The quantitative estimate of drug-likeness (QED) is 0.896. The van der Waals surface area contributed by atoms with Gasteiger partial charge in [0.15, 0.2) is 11.5 Å². The number of fused-ring (bicyclic) bond motifs is 1. The molecule has 6 heteroatoms. The summed E-state index contributed by atoms with van der Waals surface area (Å²) in [4.78, 5) is 0. The number of aromatic hydroxyl groups is 2. The summed E-state index contributed by atoms with van der Waals surface area (Å²) >= 11 is 0. The molecule has 0 saturated carbocycles. The third kappa shape index (κ3) is 2.64. The lowest BCUT2D eigenvalue weighted by Crippen LogP contribution is -2.19. The molecule has 2 aromatic carbocycles. The lowest BCUT2D eigenvalue weighted by atomic mass is 9.89. The molecule has 128 valence electrons. The Bertz CT molecular complexity index is 756. The van der Waals surface area contributed by atoms with Crippen molar-refractivity contribution in [3.63, 3.8) is 0 Å². The van der Waals surface area contributed by atoms with Crippen molar-refractivity contribution in [2.24, 2.45) is 0 Å². The van der Waals surface area contributed by atoms with E-state index in [0.29, 0.717) is 35.8 Å². The molecule has 0 radical (unpaired) electrons. The van der Waals surface area contributed by atoms with Gasteiger partial charge in [0.1, 0.15) is 11.5 Å². The van der Waals surface area contributed by atoms with Crippen molar-refractivity contribution in [1.29, 1.82) is 0 Å². The van der Waals surface area contributed by atoms with Gasteiger partial charge < -0.3 is 29.2 Å². The van der Waals surface area contributed by atoms with E-state index >= 15 is 0 Å². The van der Waals surface area contributed by atoms with Crippen molar-refractivity contribution in [3.05, 3.63) is 35.4 Å². The van der Waals surface area contributed by atoms with Gasteiger partial charge in [0, 0.05) is 17.5 Å². The van der Waals surface area contributed by atoms with E-state index < -0.39 is 0 Å². The smallest absolute Gasteiger partial charge is 0.207 e. The van der Waals surface area contributed by atoms with Gasteiger partial charge >= 0.3 is 0 Å². The summed E-state index contributed by atoms with van der Waals surface area (Å²) in [7, 11) is 4.50. The van der Waals surface area contributed by atoms with E-state index in [9.17, 15) is 10.2 Å². The average Bonchev–Trinajstić information content (AvgIpc) is 2.60. The molecule has 0 spiro atoms. The SMILES string of the molecule is COc1cc(C2COc3cc(O)ccc3C2)c(O)c(OC)c1OC. The molecular weight excluding hydrogens is 312 g/mol. The first-order chi connectivity index (χ1) is 11.6. The summed E-state index contributed by atoms with van der Waals surface area (Å²) in [6.45, 7) is 0.378. The zero-order valence-corrected chi connectivity index (χ0v) is 13.8. The minimum Gasteiger partial charge on any atom is -0.508 e. The van der Waals surface area contributed by atoms with E-state index in [0.717, 1.165) is 5.56 Å². The fourth-order valence-corrected chi connectivity index (χ4v) is 3.03. The van der Waals surface area contributed by atoms with Crippen molar-refractivity contribution in [2.75, 3.05) is 27.9 Å². The highest BCUT2D eigenvalue weighted by Crippen LogP contribution is 2.49. The summed E-state index contributed by atoms with van der Waals surface area (Å²) in [6.07, 6.45) is 0.668. The standard InChI is InChI=1S/C18H20O6/c1-21-15-8-13(16(20)18(23-3)17(15)22-2)11-6-10-4-5-12(19)7-14(10)24-9-11/h4-5,7-8,11,19-20H,6,9H2,1-3H3. The van der Waals surface area contributed by atoms with E-state index in [1.165, 1.54) is 21.3 Å². The molecule has 2 aromatic rings. The van der Waals surface area contributed by atoms with Crippen LogP contribution in [-0.4, -0.2) is 38.1 Å². The molecule has 1 atom stereocenters. The Balaban J connectivity index is 2.02. The van der Waals surface area contributed by atoms with Crippen LogP contribution in [0.25, 0.3) is 0 Å². The maximum Gasteiger partial charge on any atom is 0.207 e. The normalized spacial score (nSPS) is 16.0. The maximum absolute atomic E-state index is 10.6. The summed E-state index contributed by atoms with van der Waals surface area (Å²) in [5.41, 5.74) is 1.64. The lowest BCUT2D eigenvalue weighted by molar-refractivity contribution is 0.255. The van der Waals surface area contributed by atoms with Crippen molar-refractivity contribution >= 4 is 0 Å². The van der Waals surface area contributed by atoms with Crippen LogP contribution in [0.2, 0.25) is 0 Å². The molecule has 24 heavy (non-hydrogen) atoms. The average molecular weight is 332 g/mol. The van der Waals surface area contributed by atoms with Gasteiger partial charge in [-0.2, -0.15) is 0 Å². The Morgan fingerprint density at radius 1 is 1.00 bits per heavy atom. The summed E-state index contributed by atoms with van der Waals surface area (Å²) in [5.74, 6) is 1.85. The van der Waals surface area contributed by atoms with Gasteiger partial charge in [-0.1, -0.05) is 6.07 Å². The van der Waals surface area contributed by atoms with Crippen molar-refractivity contribution in [1.82, 2.24) is 0 Å². The number of ether oxygens (including phenoxy) is 4. The summed E-state index contributed by atoms with van der Waals surface area (Å²) in [6, 6.07) is 6.79. The van der Waals surface area contributed by atoms with Gasteiger partial charge in [0.2, 0.25) is 11.5 Å². The number of hydrogen-bond acceptors (Lipinski definition) is 6. The van der Waals surface area contributed by atoms with Crippen LogP contribution < -0.4 is 18.9 Å². The zero-order valence-electron chi connectivity index (χ0n) is 13.8. The van der Waals surface area contributed by atoms with Crippen molar-refractivity contribution in [3.8, 4) is 34.5 Å². The fraction of sp³-hybridized carbons (Fsp3) is 0.333. The first kappa shape index (κ1) is 16.1. The lowest BCUT2D eigenvalue weighted by Gasteiger charge is -2.27. The molecule has 0 bridgehead atoms. The van der Waals surface area contributed by atoms with Crippen molar-refractivity contribution in [2.45, 2.75) is 12.3 Å². The second-order valence-corrected chi connectivity index (χ2v) is 5.59. The Labute approximate surface area is 140 Å². The Hall–Kier alpha value is -2.76. The van der Waals surface area contributed by atoms with Gasteiger partial charge in [-0.05, 0) is 24.1 Å². The second kappa shape index (κ2) is 6.39. The molecule has 1 heterocycles. The monoisotopic (exact) mass is 332 g/mol. The van der Waals surface area contributed by atoms with Crippen LogP contribution in [0.1, 0.15) is 17.0 Å². The van der Waals surface area contributed by atoms with Crippen molar-refractivity contribution < 1.29 is 29.2 Å². The van der Waals surface area contributed by atoms with Gasteiger partial charge in [0.25, 0.3) is 0 Å². The van der Waals surface area contributed by atoms with Crippen LogP contribution in [-0.2, 0) is 6.42 Å².